The molecule has 1 unspecified atom stereocenters. The molecule has 1 radical (unpaired) electrons. The van der Waals surface area contributed by atoms with E-state index in [0.717, 1.165) is 29.7 Å². The van der Waals surface area contributed by atoms with Crippen LogP contribution in [0.2, 0.25) is 0 Å². The number of aryl methyl sites for hydroxylation is 1. The first-order valence-corrected chi connectivity index (χ1v) is 21.6. The van der Waals surface area contributed by atoms with Crippen LogP contribution < -0.4 is 0 Å². The van der Waals surface area contributed by atoms with Crippen molar-refractivity contribution in [1.82, 2.24) is 9.55 Å². The van der Waals surface area contributed by atoms with Gasteiger partial charge < -0.3 is 9.55 Å². The predicted octanol–water partition coefficient (Wildman–Crippen LogP) is 15.1. The fourth-order valence-electron chi connectivity index (χ4n) is 11.0. The summed E-state index contributed by atoms with van der Waals surface area (Å²) < 4.78 is 2.40. The van der Waals surface area contributed by atoms with Gasteiger partial charge in [0.05, 0.1) is 11.0 Å². The quantitative estimate of drug-likeness (QED) is 0.157. The van der Waals surface area contributed by atoms with Crippen molar-refractivity contribution < 1.29 is 20.1 Å². The molecule has 0 amide bonds. The number of rotatable bonds is 5. The molecule has 13 rings (SSSR count). The average molecular weight is 980 g/mol. The average Bonchev–Trinajstić information content (AvgIpc) is 4.00. The standard InChI is InChI=1S/C60H39N2.Ir/c1-2-16-49-40(11-1)22-23-41-32-33-60(59(41)49)54-37-45(39-24-28-48(29-25-39)62-57-20-5-3-17-52(57)53-18-4-6-21-58(53)62)26-30-50(54)51-31-27-46(38-55(51)60)43-13-9-12-42(35-43)44-14-10-15-47(36-44)56-19-7-8-34-61-56;/h1-14,16-31,34-38H,32-33H2;/q-1;. The second-order valence-corrected chi connectivity index (χ2v) is 17.0. The summed E-state index contributed by atoms with van der Waals surface area (Å²) in [5, 5.41) is 5.22. The number of pyridine rings is 1. The van der Waals surface area contributed by atoms with Crippen molar-refractivity contribution in [2.75, 3.05) is 0 Å². The van der Waals surface area contributed by atoms with Crippen LogP contribution in [0.4, 0.5) is 0 Å². The molecule has 2 aliphatic rings. The second-order valence-electron chi connectivity index (χ2n) is 17.0. The van der Waals surface area contributed by atoms with Crippen LogP contribution in [0.5, 0.6) is 0 Å². The van der Waals surface area contributed by atoms with Crippen molar-refractivity contribution in [3.05, 3.63) is 241 Å². The Hall–Kier alpha value is -7.16. The zero-order chi connectivity index (χ0) is 40.8. The summed E-state index contributed by atoms with van der Waals surface area (Å²) in [5.74, 6) is 0. The normalized spacial score (nSPS) is 14.8. The van der Waals surface area contributed by atoms with Crippen LogP contribution in [0.1, 0.15) is 28.7 Å². The molecule has 0 aliphatic heterocycles. The monoisotopic (exact) mass is 980 g/mol. The fraction of sp³-hybridized carbons (Fsp3) is 0.0500. The van der Waals surface area contributed by atoms with Crippen LogP contribution in [0.25, 0.3) is 94.0 Å². The molecule has 1 spiro atoms. The summed E-state index contributed by atoms with van der Waals surface area (Å²) in [7, 11) is 0. The predicted molar refractivity (Wildman–Crippen MR) is 257 cm³/mol. The summed E-state index contributed by atoms with van der Waals surface area (Å²) in [4.78, 5) is 4.59. The first-order valence-electron chi connectivity index (χ1n) is 21.6. The minimum Gasteiger partial charge on any atom is -0.309 e. The van der Waals surface area contributed by atoms with E-state index in [1.807, 2.05) is 30.5 Å². The maximum atomic E-state index is 4.59. The van der Waals surface area contributed by atoms with Gasteiger partial charge in [0, 0.05) is 48.2 Å². The Morgan fingerprint density at radius 1 is 0.476 bits per heavy atom. The Morgan fingerprint density at radius 3 is 1.78 bits per heavy atom. The molecule has 0 saturated carbocycles. The molecule has 0 saturated heterocycles. The number of fused-ring (bicyclic) bond motifs is 12. The molecule has 1 atom stereocenters. The van der Waals surface area contributed by atoms with E-state index in [9.17, 15) is 0 Å². The number of para-hydroxylation sites is 2. The minimum atomic E-state index is -0.278. The van der Waals surface area contributed by atoms with Gasteiger partial charge in [-0.25, -0.2) is 0 Å². The smallest absolute Gasteiger partial charge is 0.0541 e. The first kappa shape index (κ1) is 37.6. The van der Waals surface area contributed by atoms with Crippen LogP contribution in [-0.2, 0) is 31.9 Å². The summed E-state index contributed by atoms with van der Waals surface area (Å²) in [6.07, 6.45) is 3.92. The van der Waals surface area contributed by atoms with E-state index >= 15 is 0 Å². The summed E-state index contributed by atoms with van der Waals surface area (Å²) in [5.41, 5.74) is 21.0. The fourth-order valence-corrected chi connectivity index (χ4v) is 11.0. The van der Waals surface area contributed by atoms with E-state index in [1.165, 1.54) is 99.5 Å². The zero-order valence-electron chi connectivity index (χ0n) is 34.3. The van der Waals surface area contributed by atoms with E-state index in [2.05, 4.69) is 198 Å². The van der Waals surface area contributed by atoms with Gasteiger partial charge in [0.25, 0.3) is 0 Å². The van der Waals surface area contributed by atoms with Crippen molar-refractivity contribution in [1.29, 1.82) is 0 Å². The summed E-state index contributed by atoms with van der Waals surface area (Å²) in [6, 6.07) is 79.7. The van der Waals surface area contributed by atoms with Crippen LogP contribution in [-0.4, -0.2) is 9.55 Å². The Balaban J connectivity index is 0.00000421. The van der Waals surface area contributed by atoms with E-state index in [1.54, 1.807) is 0 Å². The van der Waals surface area contributed by atoms with Crippen LogP contribution in [0.3, 0.4) is 0 Å². The van der Waals surface area contributed by atoms with Crippen molar-refractivity contribution in [3.8, 4) is 61.5 Å². The molecule has 2 nitrogen and oxygen atoms in total. The Bertz CT molecular complexity index is 3530. The Labute approximate surface area is 380 Å². The largest absolute Gasteiger partial charge is 0.309 e. The van der Waals surface area contributed by atoms with Gasteiger partial charge in [0.1, 0.15) is 0 Å². The van der Waals surface area contributed by atoms with Gasteiger partial charge in [-0.3, -0.25) is 0 Å². The van der Waals surface area contributed by atoms with E-state index in [-0.39, 0.29) is 25.5 Å². The van der Waals surface area contributed by atoms with Crippen LogP contribution >= 0.6 is 0 Å². The van der Waals surface area contributed by atoms with Gasteiger partial charge in [0.2, 0.25) is 0 Å². The van der Waals surface area contributed by atoms with Gasteiger partial charge in [-0.15, -0.1) is 35.4 Å². The SMILES string of the molecule is [Ir].[c-]1ccc(-c2cccc(-c3ccc4c(c3)C3(CCc5ccc6ccccc6c53)c3cc(-c5ccc(-n6c7ccccc7c7ccccc76)cc5)ccc3-4)c2)cc1-c1ccccn1. The van der Waals surface area contributed by atoms with Gasteiger partial charge in [0.15, 0.2) is 0 Å². The topological polar surface area (TPSA) is 17.8 Å². The van der Waals surface area contributed by atoms with Crippen LogP contribution in [0, 0.1) is 6.07 Å². The molecule has 2 aromatic heterocycles. The van der Waals surface area contributed by atoms with Gasteiger partial charge >= 0.3 is 0 Å². The third-order valence-electron chi connectivity index (χ3n) is 13.8. The molecular weight excluding hydrogens is 941 g/mol. The molecular formula is C60H39IrN2-. The molecule has 63 heavy (non-hydrogen) atoms. The van der Waals surface area contributed by atoms with E-state index in [0.29, 0.717) is 0 Å². The second kappa shape index (κ2) is 14.7. The third-order valence-corrected chi connectivity index (χ3v) is 13.8. The molecule has 3 heteroatoms. The van der Waals surface area contributed by atoms with Crippen LogP contribution in [0.15, 0.2) is 212 Å². The molecule has 0 fully saturated rings. The van der Waals surface area contributed by atoms with Crippen molar-refractivity contribution >= 4 is 32.6 Å². The third kappa shape index (κ3) is 5.77. The maximum Gasteiger partial charge on any atom is 0.0541 e. The van der Waals surface area contributed by atoms with Crippen molar-refractivity contribution in [2.45, 2.75) is 18.3 Å². The summed E-state index contributed by atoms with van der Waals surface area (Å²) in [6.45, 7) is 0. The first-order chi connectivity index (χ1) is 30.7. The Kier molecular flexibility index (Phi) is 8.80. The molecule has 0 bridgehead atoms. The number of benzene rings is 9. The number of hydrogen-bond donors (Lipinski definition) is 0. The molecule has 9 aromatic carbocycles. The number of hydrogen-bond acceptors (Lipinski definition) is 1. The molecule has 0 N–H and O–H groups in total. The number of aromatic nitrogens is 2. The van der Waals surface area contributed by atoms with Crippen molar-refractivity contribution in [3.63, 3.8) is 0 Å². The molecule has 2 aliphatic carbocycles. The minimum absolute atomic E-state index is 0. The van der Waals surface area contributed by atoms with E-state index in [4.69, 9.17) is 0 Å². The summed E-state index contributed by atoms with van der Waals surface area (Å²) >= 11 is 0. The van der Waals surface area contributed by atoms with Gasteiger partial charge in [-0.1, -0.05) is 140 Å². The van der Waals surface area contributed by atoms with Gasteiger partial charge in [-0.2, -0.15) is 0 Å². The maximum absolute atomic E-state index is 4.59. The molecule has 2 heterocycles. The van der Waals surface area contributed by atoms with Crippen molar-refractivity contribution in [2.24, 2.45) is 0 Å². The van der Waals surface area contributed by atoms with E-state index < -0.39 is 0 Å². The molecule has 11 aromatic rings. The zero-order valence-corrected chi connectivity index (χ0v) is 36.7. The molecule has 299 valence electrons. The number of nitrogens with zero attached hydrogens (tertiary/aromatic N) is 2. The van der Waals surface area contributed by atoms with Gasteiger partial charge in [-0.05, 0) is 139 Å². The Morgan fingerprint density at radius 2 is 1.08 bits per heavy atom.